The molecular formula is C18H24N2O6. The maximum absolute atomic E-state index is 12.7. The number of alkyl carbamates (subject to hydrolysis) is 1. The van der Waals surface area contributed by atoms with E-state index in [-0.39, 0.29) is 6.61 Å². The molecule has 142 valence electrons. The number of ether oxygens (including phenoxy) is 2. The summed E-state index contributed by atoms with van der Waals surface area (Å²) in [5.74, 6) is -1.04. The van der Waals surface area contributed by atoms with Gasteiger partial charge in [0.2, 0.25) is 5.91 Å². The molecule has 2 amide bonds. The van der Waals surface area contributed by atoms with Gasteiger partial charge in [-0.3, -0.25) is 4.79 Å². The van der Waals surface area contributed by atoms with Crippen LogP contribution in [0, 0.1) is 0 Å². The number of carbonyl (C=O) groups excluding carboxylic acids is 3. The Labute approximate surface area is 152 Å². The number of carbonyl (C=O) groups is 3. The number of esters is 1. The molecular weight excluding hydrogens is 340 g/mol. The van der Waals surface area contributed by atoms with Crippen molar-refractivity contribution >= 4 is 18.0 Å². The van der Waals surface area contributed by atoms with Crippen LogP contribution in [-0.4, -0.2) is 59.8 Å². The number of methoxy groups -OCH3 is 1. The van der Waals surface area contributed by atoms with Crippen molar-refractivity contribution < 1.29 is 29.0 Å². The molecule has 1 aromatic carbocycles. The zero-order chi connectivity index (χ0) is 19.1. The van der Waals surface area contributed by atoms with Crippen molar-refractivity contribution in [1.29, 1.82) is 0 Å². The summed E-state index contributed by atoms with van der Waals surface area (Å²) in [5.41, 5.74) is 0.799. The summed E-state index contributed by atoms with van der Waals surface area (Å²) >= 11 is 0. The van der Waals surface area contributed by atoms with Crippen molar-refractivity contribution in [3.05, 3.63) is 35.9 Å². The van der Waals surface area contributed by atoms with Gasteiger partial charge in [-0.15, -0.1) is 0 Å². The topological polar surface area (TPSA) is 105 Å². The second kappa shape index (κ2) is 9.19. The van der Waals surface area contributed by atoms with E-state index >= 15 is 0 Å². The molecule has 1 fully saturated rings. The summed E-state index contributed by atoms with van der Waals surface area (Å²) in [4.78, 5) is 37.9. The number of amides is 2. The number of rotatable bonds is 6. The molecule has 1 aromatic rings. The minimum atomic E-state index is -1.21. The smallest absolute Gasteiger partial charge is 0.408 e. The van der Waals surface area contributed by atoms with Gasteiger partial charge >= 0.3 is 12.1 Å². The van der Waals surface area contributed by atoms with Crippen LogP contribution < -0.4 is 5.32 Å². The SMILES string of the molecule is COC(=O)[C@H]1CCCN1C(=O)[C@H](NC(=O)OCc1ccccc1)[C@@H](C)O. The van der Waals surface area contributed by atoms with Crippen LogP contribution in [0.4, 0.5) is 4.79 Å². The number of likely N-dealkylation sites (tertiary alicyclic amines) is 1. The number of benzene rings is 1. The Morgan fingerprint density at radius 2 is 2.00 bits per heavy atom. The predicted octanol–water partition coefficient (Wildman–Crippen LogP) is 0.826. The lowest BCUT2D eigenvalue weighted by atomic mass is 10.1. The Hall–Kier alpha value is -2.61. The van der Waals surface area contributed by atoms with Gasteiger partial charge in [-0.2, -0.15) is 0 Å². The van der Waals surface area contributed by atoms with E-state index in [0.717, 1.165) is 5.56 Å². The maximum atomic E-state index is 12.7. The van der Waals surface area contributed by atoms with Crippen LogP contribution in [0.15, 0.2) is 30.3 Å². The van der Waals surface area contributed by atoms with E-state index < -0.39 is 36.2 Å². The molecule has 1 aliphatic heterocycles. The van der Waals surface area contributed by atoms with Gasteiger partial charge < -0.3 is 24.8 Å². The van der Waals surface area contributed by atoms with E-state index in [1.807, 2.05) is 18.2 Å². The van der Waals surface area contributed by atoms with Crippen molar-refractivity contribution in [2.45, 2.75) is 44.6 Å². The maximum Gasteiger partial charge on any atom is 0.408 e. The van der Waals surface area contributed by atoms with Gasteiger partial charge in [0.1, 0.15) is 18.7 Å². The fraction of sp³-hybridized carbons (Fsp3) is 0.500. The Bertz CT molecular complexity index is 634. The molecule has 0 radical (unpaired) electrons. The van der Waals surface area contributed by atoms with Gasteiger partial charge in [-0.1, -0.05) is 30.3 Å². The molecule has 3 atom stereocenters. The second-order valence-corrected chi connectivity index (χ2v) is 6.14. The molecule has 0 aliphatic carbocycles. The lowest BCUT2D eigenvalue weighted by Crippen LogP contribution is -2.56. The van der Waals surface area contributed by atoms with E-state index in [4.69, 9.17) is 9.47 Å². The molecule has 2 rings (SSSR count). The number of nitrogens with one attached hydrogen (secondary N) is 1. The summed E-state index contributed by atoms with van der Waals surface area (Å²) in [6.07, 6.45) is -0.826. The summed E-state index contributed by atoms with van der Waals surface area (Å²) in [7, 11) is 1.26. The lowest BCUT2D eigenvalue weighted by Gasteiger charge is -2.29. The first kappa shape index (κ1) is 19.7. The van der Waals surface area contributed by atoms with Crippen molar-refractivity contribution in [3.63, 3.8) is 0 Å². The first-order valence-electron chi connectivity index (χ1n) is 8.47. The third kappa shape index (κ3) is 4.95. The van der Waals surface area contributed by atoms with E-state index in [1.54, 1.807) is 12.1 Å². The standard InChI is InChI=1S/C18H24N2O6/c1-12(21)15(16(22)20-10-6-9-14(20)17(23)25-2)19-18(24)26-11-13-7-4-3-5-8-13/h3-5,7-8,12,14-15,21H,6,9-11H2,1-2H3,(H,19,24)/t12-,14-,15-/m1/s1. The molecule has 26 heavy (non-hydrogen) atoms. The Morgan fingerprint density at radius 1 is 1.31 bits per heavy atom. The van der Waals surface area contributed by atoms with Crippen molar-refractivity contribution in [2.75, 3.05) is 13.7 Å². The van der Waals surface area contributed by atoms with Crippen molar-refractivity contribution in [2.24, 2.45) is 0 Å². The van der Waals surface area contributed by atoms with Crippen LogP contribution in [-0.2, 0) is 25.7 Å². The molecule has 1 heterocycles. The highest BCUT2D eigenvalue weighted by molar-refractivity contribution is 5.90. The highest BCUT2D eigenvalue weighted by Gasteiger charge is 2.39. The second-order valence-electron chi connectivity index (χ2n) is 6.14. The highest BCUT2D eigenvalue weighted by atomic mass is 16.5. The molecule has 1 saturated heterocycles. The molecule has 8 nitrogen and oxygen atoms in total. The number of hydrogen-bond donors (Lipinski definition) is 2. The van der Waals surface area contributed by atoms with Crippen LogP contribution >= 0.6 is 0 Å². The molecule has 0 unspecified atom stereocenters. The zero-order valence-corrected chi connectivity index (χ0v) is 14.9. The molecule has 0 spiro atoms. The van der Waals surface area contributed by atoms with Crippen LogP contribution in [0.5, 0.6) is 0 Å². The zero-order valence-electron chi connectivity index (χ0n) is 14.9. The largest absolute Gasteiger partial charge is 0.467 e. The average molecular weight is 364 g/mol. The van der Waals surface area contributed by atoms with Crippen LogP contribution in [0.3, 0.4) is 0 Å². The van der Waals surface area contributed by atoms with Gasteiger partial charge in [-0.05, 0) is 25.3 Å². The van der Waals surface area contributed by atoms with Gasteiger partial charge in [0.25, 0.3) is 0 Å². The van der Waals surface area contributed by atoms with Crippen LogP contribution in [0.2, 0.25) is 0 Å². The van der Waals surface area contributed by atoms with Gasteiger partial charge in [0.15, 0.2) is 0 Å². The van der Waals surface area contributed by atoms with Gasteiger partial charge in [0.05, 0.1) is 13.2 Å². The Balaban J connectivity index is 1.97. The Kier molecular flexibility index (Phi) is 6.97. The fourth-order valence-electron chi connectivity index (χ4n) is 2.87. The first-order chi connectivity index (χ1) is 12.4. The van der Waals surface area contributed by atoms with Crippen LogP contribution in [0.1, 0.15) is 25.3 Å². The van der Waals surface area contributed by atoms with Crippen molar-refractivity contribution in [1.82, 2.24) is 10.2 Å². The summed E-state index contributed by atoms with van der Waals surface area (Å²) < 4.78 is 9.81. The number of hydrogen-bond acceptors (Lipinski definition) is 6. The average Bonchev–Trinajstić information content (AvgIpc) is 3.13. The number of nitrogens with zero attached hydrogens (tertiary/aromatic N) is 1. The van der Waals surface area contributed by atoms with Gasteiger partial charge in [-0.25, -0.2) is 9.59 Å². The van der Waals surface area contributed by atoms with E-state index in [9.17, 15) is 19.5 Å². The van der Waals surface area contributed by atoms with Crippen LogP contribution in [0.25, 0.3) is 0 Å². The molecule has 2 N–H and O–H groups in total. The number of aliphatic hydroxyl groups is 1. The Morgan fingerprint density at radius 3 is 2.62 bits per heavy atom. The molecule has 1 aliphatic rings. The highest BCUT2D eigenvalue weighted by Crippen LogP contribution is 2.20. The van der Waals surface area contributed by atoms with E-state index in [2.05, 4.69) is 5.32 Å². The third-order valence-corrected chi connectivity index (χ3v) is 4.24. The van der Waals surface area contributed by atoms with E-state index in [0.29, 0.717) is 19.4 Å². The lowest BCUT2D eigenvalue weighted by molar-refractivity contribution is -0.152. The quantitative estimate of drug-likeness (QED) is 0.725. The molecule has 0 saturated carbocycles. The third-order valence-electron chi connectivity index (χ3n) is 4.24. The first-order valence-corrected chi connectivity index (χ1v) is 8.47. The molecule has 8 heteroatoms. The molecule has 0 bridgehead atoms. The minimum Gasteiger partial charge on any atom is -0.467 e. The fourth-order valence-corrected chi connectivity index (χ4v) is 2.87. The normalized spacial score (nSPS) is 18.7. The predicted molar refractivity (Wildman–Crippen MR) is 92.0 cm³/mol. The summed E-state index contributed by atoms with van der Waals surface area (Å²) in [6, 6.07) is 7.18. The van der Waals surface area contributed by atoms with Crippen molar-refractivity contribution in [3.8, 4) is 0 Å². The monoisotopic (exact) mass is 364 g/mol. The minimum absolute atomic E-state index is 0.0435. The summed E-state index contributed by atoms with van der Waals surface area (Å²) in [6.45, 7) is 1.80. The molecule has 0 aromatic heterocycles. The van der Waals surface area contributed by atoms with E-state index in [1.165, 1.54) is 18.9 Å². The number of aliphatic hydroxyl groups excluding tert-OH is 1. The van der Waals surface area contributed by atoms with Gasteiger partial charge in [0, 0.05) is 6.54 Å². The summed E-state index contributed by atoms with van der Waals surface area (Å²) in [5, 5.41) is 12.3.